The number of hydrogen-bond acceptors (Lipinski definition) is 3. The van der Waals surface area contributed by atoms with Crippen LogP contribution in [0.1, 0.15) is 20.8 Å². The van der Waals surface area contributed by atoms with Crippen molar-refractivity contribution < 1.29 is 9.90 Å². The zero-order valence-corrected chi connectivity index (χ0v) is 8.87. The number of nitrogens with zero attached hydrogens (tertiary/aromatic N) is 1. The van der Waals surface area contributed by atoms with Crippen molar-refractivity contribution in [3.05, 3.63) is 0 Å². The van der Waals surface area contributed by atoms with Gasteiger partial charge in [0.2, 0.25) is 0 Å². The third-order valence-corrected chi connectivity index (χ3v) is 2.20. The predicted molar refractivity (Wildman–Crippen MR) is 52.9 cm³/mol. The molecule has 0 rings (SSSR count). The van der Waals surface area contributed by atoms with E-state index in [0.717, 1.165) is 6.54 Å². The van der Waals surface area contributed by atoms with Crippen LogP contribution >= 0.6 is 0 Å². The molecule has 0 aliphatic heterocycles. The lowest BCUT2D eigenvalue weighted by atomic mass is 10.2. The second-order valence-corrected chi connectivity index (χ2v) is 3.36. The molecule has 0 heterocycles. The molecule has 13 heavy (non-hydrogen) atoms. The molecule has 0 bridgehead atoms. The van der Waals surface area contributed by atoms with Crippen molar-refractivity contribution in [2.24, 2.45) is 0 Å². The van der Waals surface area contributed by atoms with Gasteiger partial charge in [0, 0.05) is 12.6 Å². The highest BCUT2D eigenvalue weighted by Gasteiger charge is 2.19. The number of carboxylic acid groups (broad SMARTS) is 1. The maximum absolute atomic E-state index is 10.7. The highest BCUT2D eigenvalue weighted by molar-refractivity contribution is 5.73. The lowest BCUT2D eigenvalue weighted by molar-refractivity contribution is -0.139. The van der Waals surface area contributed by atoms with Gasteiger partial charge in [0.1, 0.15) is 6.04 Å². The Morgan fingerprint density at radius 1 is 1.54 bits per heavy atom. The fourth-order valence-corrected chi connectivity index (χ4v) is 1.23. The average Bonchev–Trinajstić information content (AvgIpc) is 2.05. The van der Waals surface area contributed by atoms with E-state index in [2.05, 4.69) is 24.1 Å². The number of carboxylic acids is 1. The van der Waals surface area contributed by atoms with Crippen LogP contribution in [0, 0.1) is 0 Å². The number of likely N-dealkylation sites (N-methyl/N-ethyl adjacent to an activating group) is 2. The van der Waals surface area contributed by atoms with Gasteiger partial charge in [0.05, 0.1) is 0 Å². The fraction of sp³-hybridized carbons (Fsp3) is 0.889. The van der Waals surface area contributed by atoms with Crippen molar-refractivity contribution in [3.63, 3.8) is 0 Å². The van der Waals surface area contributed by atoms with E-state index in [-0.39, 0.29) is 0 Å². The smallest absolute Gasteiger partial charge is 0.322 e. The van der Waals surface area contributed by atoms with Gasteiger partial charge in [-0.15, -0.1) is 0 Å². The molecule has 0 amide bonds. The minimum atomic E-state index is -0.790. The Bertz CT molecular complexity index is 160. The number of hydrogen-bond donors (Lipinski definition) is 2. The lowest BCUT2D eigenvalue weighted by Gasteiger charge is -2.27. The first-order valence-electron chi connectivity index (χ1n) is 4.67. The Labute approximate surface area is 79.9 Å². The third-order valence-electron chi connectivity index (χ3n) is 2.20. The van der Waals surface area contributed by atoms with Gasteiger partial charge in [0.25, 0.3) is 0 Å². The first-order valence-corrected chi connectivity index (χ1v) is 4.67. The van der Waals surface area contributed by atoms with Crippen LogP contribution in [0.15, 0.2) is 0 Å². The van der Waals surface area contributed by atoms with E-state index in [0.29, 0.717) is 12.6 Å². The molecule has 78 valence electrons. The zero-order valence-electron chi connectivity index (χ0n) is 8.87. The van der Waals surface area contributed by atoms with E-state index < -0.39 is 12.0 Å². The molecule has 1 atom stereocenters. The van der Waals surface area contributed by atoms with Gasteiger partial charge in [-0.05, 0) is 27.4 Å². The minimum Gasteiger partial charge on any atom is -0.480 e. The van der Waals surface area contributed by atoms with Crippen LogP contribution in [0.5, 0.6) is 0 Å². The average molecular weight is 188 g/mol. The largest absolute Gasteiger partial charge is 0.480 e. The first-order chi connectivity index (χ1) is 6.02. The van der Waals surface area contributed by atoms with Gasteiger partial charge in [0.15, 0.2) is 0 Å². The van der Waals surface area contributed by atoms with Gasteiger partial charge < -0.3 is 10.4 Å². The highest BCUT2D eigenvalue weighted by atomic mass is 16.4. The van der Waals surface area contributed by atoms with Gasteiger partial charge >= 0.3 is 5.97 Å². The summed E-state index contributed by atoms with van der Waals surface area (Å²) >= 11 is 0. The number of aliphatic carboxylic acids is 1. The third kappa shape index (κ3) is 4.24. The molecule has 0 saturated heterocycles. The second kappa shape index (κ2) is 5.94. The van der Waals surface area contributed by atoms with Crippen LogP contribution in [0.25, 0.3) is 0 Å². The quantitative estimate of drug-likeness (QED) is 0.633. The van der Waals surface area contributed by atoms with E-state index in [1.54, 1.807) is 7.05 Å². The fourth-order valence-electron chi connectivity index (χ4n) is 1.23. The molecule has 0 spiro atoms. The predicted octanol–water partition coefficient (Wildman–Crippen LogP) is 0.389. The summed E-state index contributed by atoms with van der Waals surface area (Å²) in [6.07, 6.45) is 0. The molecule has 4 heteroatoms. The van der Waals surface area contributed by atoms with Crippen LogP contribution in [0.3, 0.4) is 0 Å². The van der Waals surface area contributed by atoms with Gasteiger partial charge in [-0.3, -0.25) is 9.69 Å². The highest BCUT2D eigenvalue weighted by Crippen LogP contribution is 1.99. The van der Waals surface area contributed by atoms with Crippen LogP contribution < -0.4 is 5.32 Å². The minimum absolute atomic E-state index is 0.389. The van der Waals surface area contributed by atoms with Crippen molar-refractivity contribution in [1.82, 2.24) is 10.2 Å². The van der Waals surface area contributed by atoms with Crippen molar-refractivity contribution in [2.45, 2.75) is 32.9 Å². The molecular weight excluding hydrogens is 168 g/mol. The molecule has 0 aromatic rings. The number of nitrogens with one attached hydrogen (secondary N) is 1. The topological polar surface area (TPSA) is 52.6 Å². The Balaban J connectivity index is 4.11. The van der Waals surface area contributed by atoms with Crippen LogP contribution in [-0.2, 0) is 4.79 Å². The molecule has 0 radical (unpaired) electrons. The van der Waals surface area contributed by atoms with Crippen molar-refractivity contribution in [2.75, 3.05) is 20.1 Å². The van der Waals surface area contributed by atoms with E-state index in [4.69, 9.17) is 5.11 Å². The van der Waals surface area contributed by atoms with E-state index in [1.807, 2.05) is 6.92 Å². The summed E-state index contributed by atoms with van der Waals surface area (Å²) in [5.41, 5.74) is 0. The molecule has 4 nitrogen and oxygen atoms in total. The summed E-state index contributed by atoms with van der Waals surface area (Å²) in [6.45, 7) is 7.60. The normalized spacial score (nSPS) is 13.7. The summed E-state index contributed by atoms with van der Waals surface area (Å²) in [6, 6.07) is -0.0810. The molecule has 0 aromatic carbocycles. The van der Waals surface area contributed by atoms with E-state index in [1.165, 1.54) is 0 Å². The summed E-state index contributed by atoms with van der Waals surface area (Å²) in [4.78, 5) is 12.8. The van der Waals surface area contributed by atoms with E-state index in [9.17, 15) is 4.79 Å². The second-order valence-electron chi connectivity index (χ2n) is 3.36. The van der Waals surface area contributed by atoms with Gasteiger partial charge in [-0.25, -0.2) is 0 Å². The van der Waals surface area contributed by atoms with Crippen molar-refractivity contribution >= 4 is 5.97 Å². The Hall–Kier alpha value is -0.610. The summed E-state index contributed by atoms with van der Waals surface area (Å²) in [7, 11) is 1.67. The number of rotatable bonds is 6. The SMILES string of the molecule is CCN(CC(NC)C(=O)O)C(C)C. The van der Waals surface area contributed by atoms with Gasteiger partial charge in [-0.2, -0.15) is 0 Å². The molecule has 1 unspecified atom stereocenters. The molecule has 0 aliphatic rings. The summed E-state index contributed by atoms with van der Waals surface area (Å²) < 4.78 is 0. The first kappa shape index (κ1) is 12.4. The molecule has 2 N–H and O–H groups in total. The molecule has 0 fully saturated rings. The Kier molecular flexibility index (Phi) is 5.66. The Morgan fingerprint density at radius 3 is 2.31 bits per heavy atom. The van der Waals surface area contributed by atoms with Crippen LogP contribution in [-0.4, -0.2) is 48.2 Å². The van der Waals surface area contributed by atoms with E-state index >= 15 is 0 Å². The molecule has 0 aromatic heterocycles. The summed E-state index contributed by atoms with van der Waals surface area (Å²) in [5.74, 6) is -0.790. The van der Waals surface area contributed by atoms with Crippen molar-refractivity contribution in [1.29, 1.82) is 0 Å². The maximum atomic E-state index is 10.7. The van der Waals surface area contributed by atoms with Crippen molar-refractivity contribution in [3.8, 4) is 0 Å². The van der Waals surface area contributed by atoms with Gasteiger partial charge in [-0.1, -0.05) is 6.92 Å². The monoisotopic (exact) mass is 188 g/mol. The summed E-state index contributed by atoms with van der Waals surface area (Å²) in [5, 5.41) is 11.6. The molecule has 0 aliphatic carbocycles. The molecular formula is C9H20N2O2. The van der Waals surface area contributed by atoms with Crippen LogP contribution in [0.4, 0.5) is 0 Å². The molecule has 0 saturated carbocycles. The maximum Gasteiger partial charge on any atom is 0.322 e. The standard InChI is InChI=1S/C9H20N2O2/c1-5-11(7(2)3)6-8(10-4)9(12)13/h7-8,10H,5-6H2,1-4H3,(H,12,13). The van der Waals surface area contributed by atoms with Crippen LogP contribution in [0.2, 0.25) is 0 Å². The lowest BCUT2D eigenvalue weighted by Crippen LogP contribution is -2.46. The number of carbonyl (C=O) groups is 1. The Morgan fingerprint density at radius 2 is 2.08 bits per heavy atom. The zero-order chi connectivity index (χ0) is 10.4.